The molecule has 0 bridgehead atoms. The maximum Gasteiger partial charge on any atom is 0.182 e. The molecule has 0 aromatic heterocycles. The zero-order chi connectivity index (χ0) is 24.8. The van der Waals surface area contributed by atoms with Crippen LogP contribution in [0.5, 0.6) is 11.5 Å². The average Bonchev–Trinajstić information content (AvgIpc) is 2.75. The number of benzene rings is 2. The van der Waals surface area contributed by atoms with Gasteiger partial charge in [-0.2, -0.15) is 0 Å². The molecule has 2 aromatic rings. The summed E-state index contributed by atoms with van der Waals surface area (Å²) in [4.78, 5) is 0.380. The maximum atomic E-state index is 12.6. The van der Waals surface area contributed by atoms with Crippen molar-refractivity contribution in [3.63, 3.8) is 0 Å². The number of sulfone groups is 1. The first-order valence-corrected chi connectivity index (χ1v) is 13.0. The minimum atomic E-state index is -3.31. The van der Waals surface area contributed by atoms with Gasteiger partial charge in [-0.1, -0.05) is 41.0 Å². The first-order chi connectivity index (χ1) is 15.5. The van der Waals surface area contributed by atoms with Crippen molar-refractivity contribution in [2.75, 3.05) is 20.0 Å². The van der Waals surface area contributed by atoms with Crippen molar-refractivity contribution in [2.45, 2.75) is 65.7 Å². The van der Waals surface area contributed by atoms with E-state index >= 15 is 0 Å². The van der Waals surface area contributed by atoms with E-state index in [1.54, 1.807) is 26.4 Å². The van der Waals surface area contributed by atoms with E-state index in [9.17, 15) is 8.42 Å². The van der Waals surface area contributed by atoms with Crippen molar-refractivity contribution in [1.82, 2.24) is 0 Å². The first-order valence-electron chi connectivity index (χ1n) is 11.3. The molecule has 33 heavy (non-hydrogen) atoms. The van der Waals surface area contributed by atoms with Crippen molar-refractivity contribution in [1.29, 1.82) is 0 Å². The van der Waals surface area contributed by atoms with Crippen LogP contribution in [0.25, 0.3) is 0 Å². The number of hydrogen-bond donors (Lipinski definition) is 0. The van der Waals surface area contributed by atoms with Crippen LogP contribution in [0.2, 0.25) is 0 Å². The molecule has 2 rings (SSSR count). The van der Waals surface area contributed by atoms with Crippen LogP contribution in [-0.2, 0) is 16.3 Å². The molecule has 0 atom stereocenters. The van der Waals surface area contributed by atoms with Gasteiger partial charge in [0.1, 0.15) is 11.5 Å². The molecule has 2 aromatic carbocycles. The Hall–Kier alpha value is -2.53. The first kappa shape index (κ1) is 26.7. The third kappa shape index (κ3) is 6.73. The van der Waals surface area contributed by atoms with Gasteiger partial charge in [0.25, 0.3) is 0 Å². The molecule has 0 aliphatic rings. The fourth-order valence-corrected chi connectivity index (χ4v) is 5.53. The minimum absolute atomic E-state index is 0.0532. The van der Waals surface area contributed by atoms with E-state index in [0.717, 1.165) is 64.2 Å². The molecule has 0 saturated carbocycles. The molecule has 0 unspecified atom stereocenters. The zero-order valence-electron chi connectivity index (χ0n) is 21.3. The van der Waals surface area contributed by atoms with Crippen molar-refractivity contribution >= 4 is 9.84 Å². The van der Waals surface area contributed by atoms with Crippen molar-refractivity contribution in [3.05, 3.63) is 75.4 Å². The van der Waals surface area contributed by atoms with Crippen LogP contribution in [-0.4, -0.2) is 28.4 Å². The highest BCUT2D eigenvalue weighted by atomic mass is 32.2. The van der Waals surface area contributed by atoms with Gasteiger partial charge < -0.3 is 9.47 Å². The van der Waals surface area contributed by atoms with Gasteiger partial charge >= 0.3 is 0 Å². The highest BCUT2D eigenvalue weighted by Gasteiger charge is 2.18. The Labute approximate surface area is 200 Å². The van der Waals surface area contributed by atoms with Gasteiger partial charge in [-0.15, -0.1) is 0 Å². The summed E-state index contributed by atoms with van der Waals surface area (Å²) in [6, 6.07) is 7.04. The number of hydrogen-bond acceptors (Lipinski definition) is 4. The molecule has 0 aliphatic heterocycles. The van der Waals surface area contributed by atoms with Gasteiger partial charge in [-0.05, 0) is 89.6 Å². The SMILES string of the molecule is COc1c(C)c(C)c(OC)c(CC=C(C)CCC=C(C)CS(=O)(=O)c2ccc(C)cc2)c1C. The molecule has 0 spiro atoms. The topological polar surface area (TPSA) is 52.6 Å². The third-order valence-electron chi connectivity index (χ3n) is 6.20. The number of methoxy groups -OCH3 is 2. The standard InChI is InChI=1S/C28H38O4S/c1-19(14-17-26-24(6)27(31-7)22(4)23(5)28(26)32-8)10-9-11-21(3)18-33(29,30)25-15-12-20(2)13-16-25/h11-16H,9-10,17-18H2,1-8H3. The molecular weight excluding hydrogens is 432 g/mol. The maximum absolute atomic E-state index is 12.6. The monoisotopic (exact) mass is 470 g/mol. The van der Waals surface area contributed by atoms with E-state index in [2.05, 4.69) is 33.8 Å². The van der Waals surface area contributed by atoms with Gasteiger partial charge in [-0.3, -0.25) is 0 Å². The van der Waals surface area contributed by atoms with Crippen LogP contribution in [0.4, 0.5) is 0 Å². The Morgan fingerprint density at radius 1 is 0.818 bits per heavy atom. The van der Waals surface area contributed by atoms with E-state index in [1.807, 2.05) is 32.1 Å². The Bertz CT molecular complexity index is 1140. The van der Waals surface area contributed by atoms with Crippen molar-refractivity contribution in [2.24, 2.45) is 0 Å². The van der Waals surface area contributed by atoms with E-state index < -0.39 is 9.84 Å². The quantitative estimate of drug-likeness (QED) is 0.366. The minimum Gasteiger partial charge on any atom is -0.496 e. The molecule has 0 heterocycles. The second kappa shape index (κ2) is 11.6. The van der Waals surface area contributed by atoms with Crippen LogP contribution in [0.3, 0.4) is 0 Å². The van der Waals surface area contributed by atoms with E-state index in [-0.39, 0.29) is 5.75 Å². The lowest BCUT2D eigenvalue weighted by Gasteiger charge is -2.20. The van der Waals surface area contributed by atoms with Crippen molar-refractivity contribution in [3.8, 4) is 11.5 Å². The summed E-state index contributed by atoms with van der Waals surface area (Å²) in [6.45, 7) is 12.2. The number of allylic oxidation sites excluding steroid dienone is 3. The molecule has 0 aliphatic carbocycles. The second-order valence-corrected chi connectivity index (χ2v) is 10.8. The van der Waals surface area contributed by atoms with E-state index in [0.29, 0.717) is 4.90 Å². The van der Waals surface area contributed by atoms with Gasteiger partial charge in [0, 0.05) is 5.56 Å². The molecule has 0 amide bonds. The second-order valence-electron chi connectivity index (χ2n) is 8.84. The normalized spacial score (nSPS) is 12.7. The van der Waals surface area contributed by atoms with Gasteiger partial charge in [-0.25, -0.2) is 8.42 Å². The predicted octanol–water partition coefficient (Wildman–Crippen LogP) is 6.63. The van der Waals surface area contributed by atoms with Crippen LogP contribution in [0, 0.1) is 27.7 Å². The summed E-state index contributed by atoms with van der Waals surface area (Å²) in [7, 11) is 0.114. The largest absolute Gasteiger partial charge is 0.496 e. The lowest BCUT2D eigenvalue weighted by molar-refractivity contribution is 0.391. The van der Waals surface area contributed by atoms with Gasteiger partial charge in [0.05, 0.1) is 24.9 Å². The van der Waals surface area contributed by atoms with Crippen LogP contribution >= 0.6 is 0 Å². The summed E-state index contributed by atoms with van der Waals surface area (Å²) >= 11 is 0. The Balaban J connectivity index is 2.06. The van der Waals surface area contributed by atoms with Gasteiger partial charge in [0.2, 0.25) is 0 Å². The fourth-order valence-electron chi connectivity index (χ4n) is 4.10. The summed E-state index contributed by atoms with van der Waals surface area (Å²) in [5.74, 6) is 1.90. The van der Waals surface area contributed by atoms with Crippen LogP contribution in [0.1, 0.15) is 54.5 Å². The molecular formula is C28H38O4S. The molecule has 0 saturated heterocycles. The third-order valence-corrected chi connectivity index (χ3v) is 8.03. The molecule has 180 valence electrons. The zero-order valence-corrected chi connectivity index (χ0v) is 22.2. The molecule has 4 nitrogen and oxygen atoms in total. The van der Waals surface area contributed by atoms with E-state index in [1.165, 1.54) is 5.57 Å². The van der Waals surface area contributed by atoms with E-state index in [4.69, 9.17) is 9.47 Å². The number of rotatable bonds is 10. The number of aryl methyl sites for hydroxylation is 1. The predicted molar refractivity (Wildman–Crippen MR) is 137 cm³/mol. The van der Waals surface area contributed by atoms with Crippen LogP contribution < -0.4 is 9.47 Å². The lowest BCUT2D eigenvalue weighted by Crippen LogP contribution is -2.07. The van der Waals surface area contributed by atoms with Gasteiger partial charge in [0.15, 0.2) is 9.84 Å². The van der Waals surface area contributed by atoms with Crippen molar-refractivity contribution < 1.29 is 17.9 Å². The summed E-state index contributed by atoms with van der Waals surface area (Å²) in [6.07, 6.45) is 6.72. The lowest BCUT2D eigenvalue weighted by atomic mass is 9.94. The Kier molecular flexibility index (Phi) is 9.35. The smallest absolute Gasteiger partial charge is 0.182 e. The molecule has 0 fully saturated rings. The highest BCUT2D eigenvalue weighted by Crippen LogP contribution is 2.38. The Morgan fingerprint density at radius 2 is 1.39 bits per heavy atom. The van der Waals surface area contributed by atoms with Crippen LogP contribution in [0.15, 0.2) is 52.5 Å². The average molecular weight is 471 g/mol. The summed E-state index contributed by atoms with van der Waals surface area (Å²) < 4.78 is 36.6. The molecule has 0 radical (unpaired) electrons. The number of ether oxygens (including phenoxy) is 2. The summed E-state index contributed by atoms with van der Waals surface area (Å²) in [5, 5.41) is 0. The highest BCUT2D eigenvalue weighted by molar-refractivity contribution is 7.91. The summed E-state index contributed by atoms with van der Waals surface area (Å²) in [5.41, 5.74) is 7.66. The Morgan fingerprint density at radius 3 is 1.97 bits per heavy atom. The fraction of sp³-hybridized carbons (Fsp3) is 0.429. The molecule has 5 heteroatoms. The molecule has 0 N–H and O–H groups in total.